The minimum absolute atomic E-state index is 0.251. The lowest BCUT2D eigenvalue weighted by Crippen LogP contribution is -2.29. The molecule has 1 aromatic rings. The van der Waals surface area contributed by atoms with Gasteiger partial charge in [-0.25, -0.2) is 8.78 Å². The number of carbonyl (C=O) groups is 1. The maximum Gasteiger partial charge on any atom is 0.159 e. The van der Waals surface area contributed by atoms with Gasteiger partial charge in [0.2, 0.25) is 0 Å². The number of carboxylic acid groups (broad SMARTS) is 1. The summed E-state index contributed by atoms with van der Waals surface area (Å²) >= 11 is 0. The van der Waals surface area contributed by atoms with E-state index in [1.165, 1.54) is 0 Å². The van der Waals surface area contributed by atoms with Gasteiger partial charge in [-0.15, -0.1) is 0 Å². The van der Waals surface area contributed by atoms with Gasteiger partial charge < -0.3 is 15.0 Å². The second-order valence-electron chi connectivity index (χ2n) is 2.40. The summed E-state index contributed by atoms with van der Waals surface area (Å²) in [6, 6.07) is 2.31. The first-order valence-corrected chi connectivity index (χ1v) is 3.36. The minimum Gasteiger partial charge on any atom is -0.547 e. The molecular formula is C8H5F2O3-. The van der Waals surface area contributed by atoms with Gasteiger partial charge >= 0.3 is 0 Å². The summed E-state index contributed by atoms with van der Waals surface area (Å²) in [4.78, 5) is 10.1. The summed E-state index contributed by atoms with van der Waals surface area (Å²) in [5.74, 6) is -4.07. The molecule has 13 heavy (non-hydrogen) atoms. The van der Waals surface area contributed by atoms with Crippen LogP contribution in [0.25, 0.3) is 0 Å². The predicted octanol–water partition coefficient (Wildman–Crippen LogP) is -0.252. The average Bonchev–Trinajstić information content (AvgIpc) is 2.08. The molecule has 0 amide bonds. The summed E-state index contributed by atoms with van der Waals surface area (Å²) in [7, 11) is 0. The largest absolute Gasteiger partial charge is 0.547 e. The molecule has 0 radical (unpaired) electrons. The zero-order valence-electron chi connectivity index (χ0n) is 6.33. The van der Waals surface area contributed by atoms with Crippen molar-refractivity contribution in [3.63, 3.8) is 0 Å². The normalized spacial score (nSPS) is 12.5. The van der Waals surface area contributed by atoms with E-state index in [4.69, 9.17) is 5.11 Å². The van der Waals surface area contributed by atoms with Gasteiger partial charge in [-0.2, -0.15) is 0 Å². The number of carboxylic acids is 1. The Balaban J connectivity index is 3.03. The van der Waals surface area contributed by atoms with Crippen LogP contribution in [0.3, 0.4) is 0 Å². The monoisotopic (exact) mass is 187 g/mol. The van der Waals surface area contributed by atoms with Crippen molar-refractivity contribution in [2.75, 3.05) is 0 Å². The molecule has 0 aliphatic heterocycles. The Morgan fingerprint density at radius 1 is 1.38 bits per heavy atom. The molecule has 0 aliphatic rings. The first-order chi connectivity index (χ1) is 6.02. The molecule has 0 unspecified atom stereocenters. The van der Waals surface area contributed by atoms with Crippen LogP contribution >= 0.6 is 0 Å². The Morgan fingerprint density at radius 3 is 2.46 bits per heavy atom. The molecule has 0 saturated heterocycles. The van der Waals surface area contributed by atoms with Gasteiger partial charge in [0, 0.05) is 0 Å². The number of aliphatic hydroxyl groups excluding tert-OH is 1. The predicted molar refractivity (Wildman–Crippen MR) is 36.3 cm³/mol. The first-order valence-electron chi connectivity index (χ1n) is 3.36. The number of carbonyl (C=O) groups excluding carboxylic acids is 1. The van der Waals surface area contributed by atoms with Crippen LogP contribution in [0.4, 0.5) is 8.78 Å². The molecule has 1 aromatic carbocycles. The highest BCUT2D eigenvalue weighted by atomic mass is 19.2. The fourth-order valence-electron chi connectivity index (χ4n) is 0.819. The van der Waals surface area contributed by atoms with Crippen LogP contribution in [-0.4, -0.2) is 11.1 Å². The summed E-state index contributed by atoms with van der Waals surface area (Å²) in [6.07, 6.45) is -1.94. The highest BCUT2D eigenvalue weighted by molar-refractivity contribution is 5.71. The van der Waals surface area contributed by atoms with Gasteiger partial charge in [-0.1, -0.05) is 6.07 Å². The molecule has 70 valence electrons. The van der Waals surface area contributed by atoms with Crippen molar-refractivity contribution in [3.8, 4) is 0 Å². The molecule has 1 rings (SSSR count). The quantitative estimate of drug-likeness (QED) is 0.694. The molecule has 3 nitrogen and oxygen atoms in total. The molecule has 1 atom stereocenters. The Bertz CT molecular complexity index is 338. The molecule has 0 aromatic heterocycles. The van der Waals surface area contributed by atoms with Gasteiger partial charge in [0.15, 0.2) is 11.6 Å². The summed E-state index contributed by atoms with van der Waals surface area (Å²) in [5, 5.41) is 19.0. The number of aliphatic carboxylic acids is 1. The Kier molecular flexibility index (Phi) is 2.57. The van der Waals surface area contributed by atoms with E-state index < -0.39 is 23.7 Å². The smallest absolute Gasteiger partial charge is 0.159 e. The fourth-order valence-corrected chi connectivity index (χ4v) is 0.819. The second kappa shape index (κ2) is 3.49. The Hall–Kier alpha value is -1.49. The van der Waals surface area contributed by atoms with Gasteiger partial charge in [0.25, 0.3) is 0 Å². The van der Waals surface area contributed by atoms with E-state index >= 15 is 0 Å². The van der Waals surface area contributed by atoms with Crippen LogP contribution in [0.15, 0.2) is 18.2 Å². The van der Waals surface area contributed by atoms with Gasteiger partial charge in [-0.3, -0.25) is 0 Å². The van der Waals surface area contributed by atoms with Crippen LogP contribution < -0.4 is 5.11 Å². The van der Waals surface area contributed by atoms with E-state index in [9.17, 15) is 18.7 Å². The molecule has 0 bridgehead atoms. The van der Waals surface area contributed by atoms with Crippen molar-refractivity contribution in [1.29, 1.82) is 0 Å². The Morgan fingerprint density at radius 2 is 2.00 bits per heavy atom. The van der Waals surface area contributed by atoms with E-state index in [-0.39, 0.29) is 5.56 Å². The van der Waals surface area contributed by atoms with Crippen molar-refractivity contribution >= 4 is 5.97 Å². The average molecular weight is 187 g/mol. The lowest BCUT2D eigenvalue weighted by molar-refractivity contribution is -0.315. The summed E-state index contributed by atoms with van der Waals surface area (Å²) < 4.78 is 24.8. The van der Waals surface area contributed by atoms with Crippen LogP contribution in [-0.2, 0) is 4.79 Å². The first kappa shape index (κ1) is 9.60. The third-order valence-corrected chi connectivity index (χ3v) is 1.48. The minimum atomic E-state index is -1.94. The zero-order chi connectivity index (χ0) is 10.0. The van der Waals surface area contributed by atoms with E-state index in [1.54, 1.807) is 0 Å². The molecule has 0 saturated carbocycles. The number of aliphatic hydroxyl groups is 1. The zero-order valence-corrected chi connectivity index (χ0v) is 6.33. The van der Waals surface area contributed by atoms with Crippen LogP contribution in [0, 0.1) is 11.6 Å². The van der Waals surface area contributed by atoms with Crippen LogP contribution in [0.1, 0.15) is 11.7 Å². The van der Waals surface area contributed by atoms with E-state index in [0.29, 0.717) is 6.07 Å². The van der Waals surface area contributed by atoms with Gasteiger partial charge in [0.05, 0.1) is 5.97 Å². The van der Waals surface area contributed by atoms with Gasteiger partial charge in [0.1, 0.15) is 6.10 Å². The lowest BCUT2D eigenvalue weighted by Gasteiger charge is -2.11. The maximum atomic E-state index is 12.5. The molecule has 5 heteroatoms. The van der Waals surface area contributed by atoms with Crippen molar-refractivity contribution in [2.24, 2.45) is 0 Å². The van der Waals surface area contributed by atoms with Crippen LogP contribution in [0.5, 0.6) is 0 Å². The molecule has 0 aliphatic carbocycles. The van der Waals surface area contributed by atoms with Crippen molar-refractivity contribution in [3.05, 3.63) is 35.4 Å². The fraction of sp³-hybridized carbons (Fsp3) is 0.125. The SMILES string of the molecule is O=C([O-])[C@@H](O)c1ccc(F)c(F)c1. The highest BCUT2D eigenvalue weighted by Gasteiger charge is 2.10. The highest BCUT2D eigenvalue weighted by Crippen LogP contribution is 2.15. The lowest BCUT2D eigenvalue weighted by atomic mass is 10.1. The van der Waals surface area contributed by atoms with Crippen molar-refractivity contribution in [2.45, 2.75) is 6.10 Å². The topological polar surface area (TPSA) is 60.4 Å². The summed E-state index contributed by atoms with van der Waals surface area (Å²) in [5.41, 5.74) is -0.251. The van der Waals surface area contributed by atoms with E-state index in [1.807, 2.05) is 0 Å². The third kappa shape index (κ3) is 2.00. The van der Waals surface area contributed by atoms with Crippen molar-refractivity contribution < 1.29 is 23.8 Å². The number of hydrogen-bond acceptors (Lipinski definition) is 3. The van der Waals surface area contributed by atoms with Crippen molar-refractivity contribution in [1.82, 2.24) is 0 Å². The molecular weight excluding hydrogens is 182 g/mol. The standard InChI is InChI=1S/C8H6F2O3/c9-5-2-1-4(3-6(5)10)7(11)8(12)13/h1-3,7,11H,(H,12,13)/p-1/t7-/m0/s1. The molecule has 0 heterocycles. The molecule has 0 spiro atoms. The number of hydrogen-bond donors (Lipinski definition) is 1. The Labute approximate surface area is 72.2 Å². The number of halogens is 2. The second-order valence-corrected chi connectivity index (χ2v) is 2.40. The van der Waals surface area contributed by atoms with Crippen LogP contribution in [0.2, 0.25) is 0 Å². The number of benzene rings is 1. The van der Waals surface area contributed by atoms with Gasteiger partial charge in [-0.05, 0) is 17.7 Å². The third-order valence-electron chi connectivity index (χ3n) is 1.48. The molecule has 0 fully saturated rings. The number of rotatable bonds is 2. The maximum absolute atomic E-state index is 12.5. The molecule has 1 N–H and O–H groups in total. The van der Waals surface area contributed by atoms with E-state index in [2.05, 4.69) is 0 Å². The van der Waals surface area contributed by atoms with E-state index in [0.717, 1.165) is 12.1 Å². The summed E-state index contributed by atoms with van der Waals surface area (Å²) in [6.45, 7) is 0.